The molecule has 0 heterocycles. The zero-order chi connectivity index (χ0) is 19.7. The largest absolute Gasteiger partial charge is 0.469 e. The highest BCUT2D eigenvalue weighted by molar-refractivity contribution is 5.88. The maximum Gasteiger partial charge on any atom is 0.328 e. The Bertz CT molecular complexity index is 603. The average molecular weight is 364 g/mol. The van der Waals surface area contributed by atoms with Crippen molar-refractivity contribution in [2.75, 3.05) is 13.7 Å². The van der Waals surface area contributed by atoms with Crippen LogP contribution in [0.4, 0.5) is 0 Å². The smallest absolute Gasteiger partial charge is 0.328 e. The summed E-state index contributed by atoms with van der Waals surface area (Å²) in [5.74, 6) is -2.23. The molecule has 7 heteroatoms. The van der Waals surface area contributed by atoms with Crippen molar-refractivity contribution in [1.82, 2.24) is 5.32 Å². The Morgan fingerprint density at radius 2 is 1.77 bits per heavy atom. The molecule has 3 N–H and O–H groups in total. The quantitative estimate of drug-likeness (QED) is 0.641. The van der Waals surface area contributed by atoms with E-state index in [0.717, 1.165) is 5.56 Å². The molecule has 26 heavy (non-hydrogen) atoms. The molecule has 1 rings (SSSR count). The molecule has 0 saturated heterocycles. The van der Waals surface area contributed by atoms with Gasteiger partial charge >= 0.3 is 11.9 Å². The third-order valence-corrected chi connectivity index (χ3v) is 4.08. The molecule has 1 aromatic rings. The minimum atomic E-state index is -1.02. The van der Waals surface area contributed by atoms with Gasteiger partial charge in [0.15, 0.2) is 0 Å². The minimum absolute atomic E-state index is 0.0408. The van der Waals surface area contributed by atoms with Crippen molar-refractivity contribution in [3.63, 3.8) is 0 Å². The highest BCUT2D eigenvalue weighted by Gasteiger charge is 2.32. The van der Waals surface area contributed by atoms with Crippen molar-refractivity contribution in [2.24, 2.45) is 11.7 Å². The molecule has 7 nitrogen and oxygen atoms in total. The van der Waals surface area contributed by atoms with E-state index in [1.165, 1.54) is 7.11 Å². The Balaban J connectivity index is 2.98. The fourth-order valence-corrected chi connectivity index (χ4v) is 2.58. The van der Waals surface area contributed by atoms with Crippen LogP contribution in [0.5, 0.6) is 0 Å². The molecule has 3 atom stereocenters. The Morgan fingerprint density at radius 1 is 1.15 bits per heavy atom. The van der Waals surface area contributed by atoms with Gasteiger partial charge in [-0.05, 0) is 18.4 Å². The summed E-state index contributed by atoms with van der Waals surface area (Å²) >= 11 is 0. The molecule has 0 spiro atoms. The Kier molecular flexibility index (Phi) is 8.78. The zero-order valence-electron chi connectivity index (χ0n) is 15.7. The number of rotatable bonds is 9. The Morgan fingerprint density at radius 3 is 2.27 bits per heavy atom. The van der Waals surface area contributed by atoms with E-state index in [1.54, 1.807) is 45.0 Å². The normalized spacial score (nSPS) is 14.2. The van der Waals surface area contributed by atoms with Gasteiger partial charge in [-0.2, -0.15) is 0 Å². The van der Waals surface area contributed by atoms with Crippen LogP contribution in [0.3, 0.4) is 0 Å². The molecule has 1 aromatic carbocycles. The number of nitrogens with one attached hydrogen (secondary N) is 1. The van der Waals surface area contributed by atoms with Gasteiger partial charge in [0.25, 0.3) is 0 Å². The van der Waals surface area contributed by atoms with Gasteiger partial charge in [-0.1, -0.05) is 44.2 Å². The van der Waals surface area contributed by atoms with Crippen LogP contribution in [0.25, 0.3) is 0 Å². The lowest BCUT2D eigenvalue weighted by Crippen LogP contribution is -2.53. The van der Waals surface area contributed by atoms with E-state index in [-0.39, 0.29) is 18.9 Å². The lowest BCUT2D eigenvalue weighted by Gasteiger charge is -2.26. The number of hydrogen-bond donors (Lipinski definition) is 2. The van der Waals surface area contributed by atoms with Crippen LogP contribution < -0.4 is 11.1 Å². The predicted molar refractivity (Wildman–Crippen MR) is 97.2 cm³/mol. The molecule has 0 saturated carbocycles. The van der Waals surface area contributed by atoms with Gasteiger partial charge in [0.05, 0.1) is 26.2 Å². The third-order valence-electron chi connectivity index (χ3n) is 4.08. The summed E-state index contributed by atoms with van der Waals surface area (Å²) < 4.78 is 9.73. The van der Waals surface area contributed by atoms with Crippen LogP contribution in [0.1, 0.15) is 38.7 Å². The minimum Gasteiger partial charge on any atom is -0.469 e. The van der Waals surface area contributed by atoms with Gasteiger partial charge in [0, 0.05) is 5.92 Å². The SMILES string of the molecule is CCOC(=O)[C@@H](NC(=O)[C@H](N)[C@@H](CC(=O)OC)c1ccccc1)C(C)C. The highest BCUT2D eigenvalue weighted by atomic mass is 16.5. The molecule has 0 unspecified atom stereocenters. The van der Waals surface area contributed by atoms with Crippen LogP contribution in [-0.4, -0.2) is 43.6 Å². The Hall–Kier alpha value is -2.41. The summed E-state index contributed by atoms with van der Waals surface area (Å²) in [6.07, 6.45) is -0.0408. The second kappa shape index (κ2) is 10.6. The zero-order valence-corrected chi connectivity index (χ0v) is 15.7. The maximum absolute atomic E-state index is 12.7. The standard InChI is InChI=1S/C19H28N2O5/c1-5-26-19(24)17(12(2)3)21-18(23)16(20)14(11-15(22)25-4)13-9-7-6-8-10-13/h6-10,12,14,16-17H,5,11,20H2,1-4H3,(H,21,23)/t14-,16+,17-/m0/s1. The molecule has 0 aromatic heterocycles. The first-order valence-corrected chi connectivity index (χ1v) is 8.66. The summed E-state index contributed by atoms with van der Waals surface area (Å²) in [5.41, 5.74) is 6.90. The van der Waals surface area contributed by atoms with Gasteiger partial charge in [-0.3, -0.25) is 9.59 Å². The van der Waals surface area contributed by atoms with Gasteiger partial charge in [-0.15, -0.1) is 0 Å². The van der Waals surface area contributed by atoms with Gasteiger partial charge in [-0.25, -0.2) is 4.79 Å². The number of ether oxygens (including phenoxy) is 2. The molecule has 0 radical (unpaired) electrons. The molecule has 0 fully saturated rings. The molecule has 0 aliphatic heterocycles. The number of esters is 2. The first-order chi connectivity index (χ1) is 12.3. The molecule has 0 aliphatic carbocycles. The van der Waals surface area contributed by atoms with Crippen LogP contribution in [0.2, 0.25) is 0 Å². The third kappa shape index (κ3) is 6.15. The van der Waals surface area contributed by atoms with Crippen molar-refractivity contribution in [3.8, 4) is 0 Å². The monoisotopic (exact) mass is 364 g/mol. The van der Waals surface area contributed by atoms with Crippen LogP contribution in [0.15, 0.2) is 30.3 Å². The second-order valence-corrected chi connectivity index (χ2v) is 6.31. The Labute approximate surface area is 154 Å². The van der Waals surface area contributed by atoms with E-state index in [2.05, 4.69) is 5.32 Å². The number of carbonyl (C=O) groups excluding carboxylic acids is 3. The highest BCUT2D eigenvalue weighted by Crippen LogP contribution is 2.23. The van der Waals surface area contributed by atoms with Gasteiger partial charge < -0.3 is 20.5 Å². The average Bonchev–Trinajstić information content (AvgIpc) is 2.63. The number of hydrogen-bond acceptors (Lipinski definition) is 6. The van der Waals surface area contributed by atoms with Crippen LogP contribution in [-0.2, 0) is 23.9 Å². The lowest BCUT2D eigenvalue weighted by molar-refractivity contribution is -0.149. The van der Waals surface area contributed by atoms with E-state index in [4.69, 9.17) is 15.2 Å². The number of amides is 1. The van der Waals surface area contributed by atoms with Crippen LogP contribution >= 0.6 is 0 Å². The topological polar surface area (TPSA) is 108 Å². The first-order valence-electron chi connectivity index (χ1n) is 8.66. The summed E-state index contributed by atoms with van der Waals surface area (Å²) in [6, 6.07) is 7.22. The summed E-state index contributed by atoms with van der Waals surface area (Å²) in [4.78, 5) is 36.5. The molecular weight excluding hydrogens is 336 g/mol. The van der Waals surface area contributed by atoms with Crippen molar-refractivity contribution in [1.29, 1.82) is 0 Å². The number of methoxy groups -OCH3 is 1. The molecular formula is C19H28N2O5. The van der Waals surface area contributed by atoms with E-state index in [9.17, 15) is 14.4 Å². The van der Waals surface area contributed by atoms with Crippen LogP contribution in [0, 0.1) is 5.92 Å². The maximum atomic E-state index is 12.7. The lowest BCUT2D eigenvalue weighted by atomic mass is 9.88. The summed E-state index contributed by atoms with van der Waals surface area (Å²) in [5, 5.41) is 2.65. The fourth-order valence-electron chi connectivity index (χ4n) is 2.58. The van der Waals surface area contributed by atoms with Gasteiger partial charge in [0.1, 0.15) is 6.04 Å². The van der Waals surface area contributed by atoms with E-state index < -0.39 is 35.8 Å². The molecule has 0 aliphatic rings. The van der Waals surface area contributed by atoms with Crippen molar-refractivity contribution >= 4 is 17.8 Å². The second-order valence-electron chi connectivity index (χ2n) is 6.31. The van der Waals surface area contributed by atoms with E-state index >= 15 is 0 Å². The van der Waals surface area contributed by atoms with E-state index in [1.807, 2.05) is 6.07 Å². The van der Waals surface area contributed by atoms with Crippen molar-refractivity contribution in [2.45, 2.75) is 45.2 Å². The molecule has 1 amide bonds. The summed E-state index contributed by atoms with van der Waals surface area (Å²) in [7, 11) is 1.28. The number of nitrogens with two attached hydrogens (primary N) is 1. The first kappa shape index (κ1) is 21.6. The number of benzene rings is 1. The van der Waals surface area contributed by atoms with Crippen molar-refractivity contribution in [3.05, 3.63) is 35.9 Å². The molecule has 144 valence electrons. The molecule has 0 bridgehead atoms. The predicted octanol–water partition coefficient (Wildman–Crippen LogP) is 1.36. The fraction of sp³-hybridized carbons (Fsp3) is 0.526. The number of carbonyl (C=O) groups is 3. The summed E-state index contributed by atoms with van der Waals surface area (Å²) in [6.45, 7) is 5.52. The van der Waals surface area contributed by atoms with Gasteiger partial charge in [0.2, 0.25) is 5.91 Å². The van der Waals surface area contributed by atoms with Crippen molar-refractivity contribution < 1.29 is 23.9 Å². The van der Waals surface area contributed by atoms with E-state index in [0.29, 0.717) is 0 Å².